The fourth-order valence-electron chi connectivity index (χ4n) is 2.01. The molecular formula is C11H16N2O4. The van der Waals surface area contributed by atoms with E-state index in [0.717, 1.165) is 37.8 Å². The lowest BCUT2D eigenvalue weighted by Gasteiger charge is -2.26. The Morgan fingerprint density at radius 2 is 1.82 bits per heavy atom. The van der Waals surface area contributed by atoms with Crippen molar-refractivity contribution in [2.45, 2.75) is 31.7 Å². The monoisotopic (exact) mass is 240 g/mol. The number of hydrogen-bond acceptors (Lipinski definition) is 3. The van der Waals surface area contributed by atoms with E-state index in [0.29, 0.717) is 0 Å². The summed E-state index contributed by atoms with van der Waals surface area (Å²) in [6, 6.07) is -0.00607. The van der Waals surface area contributed by atoms with Crippen LogP contribution < -0.4 is 5.73 Å². The summed E-state index contributed by atoms with van der Waals surface area (Å²) < 4.78 is 0. The first-order chi connectivity index (χ1) is 8.00. The van der Waals surface area contributed by atoms with Crippen molar-refractivity contribution in [2.24, 2.45) is 5.73 Å². The van der Waals surface area contributed by atoms with Gasteiger partial charge in [-0.15, -0.1) is 0 Å². The number of nitrogens with zero attached hydrogens (tertiary/aromatic N) is 1. The number of carboxylic acids is 1. The van der Waals surface area contributed by atoms with Crippen molar-refractivity contribution in [1.82, 2.24) is 4.90 Å². The summed E-state index contributed by atoms with van der Waals surface area (Å²) >= 11 is 0. The van der Waals surface area contributed by atoms with Gasteiger partial charge >= 0.3 is 5.97 Å². The van der Waals surface area contributed by atoms with Gasteiger partial charge in [-0.05, 0) is 12.8 Å². The number of nitrogens with two attached hydrogens (primary N) is 1. The van der Waals surface area contributed by atoms with Gasteiger partial charge in [0.2, 0.25) is 11.8 Å². The lowest BCUT2D eigenvalue weighted by molar-refractivity contribution is -0.134. The molecule has 1 saturated carbocycles. The molecule has 94 valence electrons. The van der Waals surface area contributed by atoms with Crippen LogP contribution in [0.4, 0.5) is 0 Å². The standard InChI is InChI=1S/C11H16N2O4/c12-9(14)7-13(8-3-1-2-4-8)10(15)5-6-11(16)17/h5-6,8H,1-4,7H2,(H2,12,14)(H,16,17)/b6-5+. The first-order valence-electron chi connectivity index (χ1n) is 5.50. The molecule has 1 fully saturated rings. The van der Waals surface area contributed by atoms with Gasteiger partial charge in [-0.1, -0.05) is 12.8 Å². The van der Waals surface area contributed by atoms with Crippen LogP contribution in [-0.2, 0) is 14.4 Å². The van der Waals surface area contributed by atoms with Gasteiger partial charge in [0.15, 0.2) is 0 Å². The maximum absolute atomic E-state index is 11.7. The minimum Gasteiger partial charge on any atom is -0.478 e. The van der Waals surface area contributed by atoms with Crippen molar-refractivity contribution >= 4 is 17.8 Å². The molecule has 6 heteroatoms. The summed E-state index contributed by atoms with van der Waals surface area (Å²) in [5, 5.41) is 8.44. The van der Waals surface area contributed by atoms with E-state index in [4.69, 9.17) is 10.8 Å². The Labute approximate surface area is 99.1 Å². The van der Waals surface area contributed by atoms with Crippen molar-refractivity contribution in [2.75, 3.05) is 6.54 Å². The maximum Gasteiger partial charge on any atom is 0.328 e. The van der Waals surface area contributed by atoms with Crippen LogP contribution in [0.5, 0.6) is 0 Å². The summed E-state index contributed by atoms with van der Waals surface area (Å²) in [5.74, 6) is -2.25. The Balaban J connectivity index is 2.70. The molecule has 1 rings (SSSR count). The summed E-state index contributed by atoms with van der Waals surface area (Å²) in [4.78, 5) is 34.3. The molecule has 0 unspecified atom stereocenters. The second kappa shape index (κ2) is 6.03. The molecule has 1 aliphatic carbocycles. The smallest absolute Gasteiger partial charge is 0.328 e. The van der Waals surface area contributed by atoms with Gasteiger partial charge in [-0.25, -0.2) is 4.79 Å². The highest BCUT2D eigenvalue weighted by molar-refractivity contribution is 5.95. The molecule has 0 spiro atoms. The lowest BCUT2D eigenvalue weighted by Crippen LogP contribution is -2.43. The van der Waals surface area contributed by atoms with E-state index in [-0.39, 0.29) is 12.6 Å². The highest BCUT2D eigenvalue weighted by Gasteiger charge is 2.26. The number of primary amides is 1. The molecule has 1 aliphatic rings. The Morgan fingerprint density at radius 3 is 2.29 bits per heavy atom. The predicted molar refractivity (Wildman–Crippen MR) is 59.9 cm³/mol. The molecule has 6 nitrogen and oxygen atoms in total. The van der Waals surface area contributed by atoms with E-state index in [9.17, 15) is 14.4 Å². The summed E-state index contributed by atoms with van der Waals surface area (Å²) in [7, 11) is 0. The van der Waals surface area contributed by atoms with Crippen molar-refractivity contribution in [3.8, 4) is 0 Å². The normalized spacial score (nSPS) is 16.2. The van der Waals surface area contributed by atoms with Crippen molar-refractivity contribution in [1.29, 1.82) is 0 Å². The maximum atomic E-state index is 11.7. The second-order valence-corrected chi connectivity index (χ2v) is 4.04. The molecule has 0 saturated heterocycles. The van der Waals surface area contributed by atoms with Gasteiger partial charge in [0.25, 0.3) is 0 Å². The zero-order valence-corrected chi connectivity index (χ0v) is 9.46. The highest BCUT2D eigenvalue weighted by atomic mass is 16.4. The third-order valence-electron chi connectivity index (χ3n) is 2.74. The zero-order valence-electron chi connectivity index (χ0n) is 9.46. The molecule has 17 heavy (non-hydrogen) atoms. The van der Waals surface area contributed by atoms with Crippen molar-refractivity contribution < 1.29 is 19.5 Å². The second-order valence-electron chi connectivity index (χ2n) is 4.04. The lowest BCUT2D eigenvalue weighted by atomic mass is 10.2. The Bertz CT molecular complexity index is 345. The minimum atomic E-state index is -1.19. The summed E-state index contributed by atoms with van der Waals surface area (Å²) in [6.45, 7) is -0.159. The molecular weight excluding hydrogens is 224 g/mol. The Kier molecular flexibility index (Phi) is 4.68. The van der Waals surface area contributed by atoms with E-state index < -0.39 is 17.8 Å². The molecule has 0 aliphatic heterocycles. The van der Waals surface area contributed by atoms with Gasteiger partial charge in [0, 0.05) is 18.2 Å². The first kappa shape index (κ1) is 13.2. The van der Waals surface area contributed by atoms with Gasteiger partial charge in [0.05, 0.1) is 6.54 Å². The van der Waals surface area contributed by atoms with Crippen LogP contribution in [-0.4, -0.2) is 40.4 Å². The number of amides is 2. The molecule has 0 radical (unpaired) electrons. The molecule has 0 aromatic heterocycles. The third-order valence-corrected chi connectivity index (χ3v) is 2.74. The molecule has 3 N–H and O–H groups in total. The largest absolute Gasteiger partial charge is 0.478 e. The SMILES string of the molecule is NC(=O)CN(C(=O)/C=C/C(=O)O)C1CCCC1. The first-order valence-corrected chi connectivity index (χ1v) is 5.50. The fourth-order valence-corrected chi connectivity index (χ4v) is 2.01. The summed E-state index contributed by atoms with van der Waals surface area (Å²) in [6.07, 6.45) is 5.42. The van der Waals surface area contributed by atoms with Gasteiger partial charge in [-0.3, -0.25) is 9.59 Å². The number of rotatable bonds is 5. The molecule has 0 aromatic rings. The van der Waals surface area contributed by atoms with Crippen molar-refractivity contribution in [3.05, 3.63) is 12.2 Å². The minimum absolute atomic E-state index is 0.00607. The fraction of sp³-hybridized carbons (Fsp3) is 0.545. The quantitative estimate of drug-likeness (QED) is 0.654. The van der Waals surface area contributed by atoms with Crippen LogP contribution in [0, 0.1) is 0 Å². The predicted octanol–water partition coefficient (Wildman–Crippen LogP) is -0.116. The molecule has 0 bridgehead atoms. The van der Waals surface area contributed by atoms with Crippen LogP contribution in [0.15, 0.2) is 12.2 Å². The summed E-state index contributed by atoms with van der Waals surface area (Å²) in [5.41, 5.74) is 5.08. The highest BCUT2D eigenvalue weighted by Crippen LogP contribution is 2.23. The van der Waals surface area contributed by atoms with Crippen LogP contribution in [0.3, 0.4) is 0 Å². The average molecular weight is 240 g/mol. The third kappa shape index (κ3) is 4.26. The molecule has 2 amide bonds. The van der Waals surface area contributed by atoms with E-state index in [2.05, 4.69) is 0 Å². The van der Waals surface area contributed by atoms with Gasteiger partial charge in [-0.2, -0.15) is 0 Å². The Morgan fingerprint density at radius 1 is 1.24 bits per heavy atom. The van der Waals surface area contributed by atoms with E-state index in [1.807, 2.05) is 0 Å². The zero-order chi connectivity index (χ0) is 12.8. The number of carbonyl (C=O) groups is 3. The van der Waals surface area contributed by atoms with Crippen LogP contribution >= 0.6 is 0 Å². The topological polar surface area (TPSA) is 101 Å². The van der Waals surface area contributed by atoms with Crippen LogP contribution in [0.1, 0.15) is 25.7 Å². The van der Waals surface area contributed by atoms with Crippen LogP contribution in [0.2, 0.25) is 0 Å². The van der Waals surface area contributed by atoms with Gasteiger partial charge < -0.3 is 15.7 Å². The Hall–Kier alpha value is -1.85. The molecule has 0 heterocycles. The van der Waals surface area contributed by atoms with Crippen molar-refractivity contribution in [3.63, 3.8) is 0 Å². The molecule has 0 aromatic carbocycles. The number of hydrogen-bond donors (Lipinski definition) is 2. The van der Waals surface area contributed by atoms with E-state index in [1.54, 1.807) is 0 Å². The van der Waals surface area contributed by atoms with Gasteiger partial charge in [0.1, 0.15) is 0 Å². The van der Waals surface area contributed by atoms with E-state index >= 15 is 0 Å². The number of carboxylic acid groups (broad SMARTS) is 1. The van der Waals surface area contributed by atoms with Crippen LogP contribution in [0.25, 0.3) is 0 Å². The molecule has 0 atom stereocenters. The van der Waals surface area contributed by atoms with E-state index in [1.165, 1.54) is 4.90 Å². The number of aliphatic carboxylic acids is 1. The number of carbonyl (C=O) groups excluding carboxylic acids is 2. The average Bonchev–Trinajstić information content (AvgIpc) is 2.75.